The third-order valence-corrected chi connectivity index (χ3v) is 4.85. The Labute approximate surface area is 108 Å². The molecule has 4 heteroatoms. The second-order valence-corrected chi connectivity index (χ2v) is 7.11. The molecule has 1 fully saturated rings. The number of thioether (sulfide) groups is 1. The summed E-state index contributed by atoms with van der Waals surface area (Å²) in [6, 6.07) is 0.451. The average Bonchev–Trinajstić information content (AvgIpc) is 2.88. The number of rotatable bonds is 5. The van der Waals surface area contributed by atoms with Crippen molar-refractivity contribution in [1.82, 2.24) is 15.1 Å². The lowest BCUT2D eigenvalue weighted by molar-refractivity contribution is 0.527. The van der Waals surface area contributed by atoms with Crippen molar-refractivity contribution in [2.45, 2.75) is 50.9 Å². The maximum absolute atomic E-state index is 4.35. The van der Waals surface area contributed by atoms with Gasteiger partial charge in [-0.15, -0.1) is 0 Å². The second kappa shape index (κ2) is 5.44. The van der Waals surface area contributed by atoms with E-state index >= 15 is 0 Å². The van der Waals surface area contributed by atoms with E-state index in [4.69, 9.17) is 0 Å². The molecular weight excluding hydrogens is 230 g/mol. The largest absolute Gasteiger partial charge is 0.311 e. The molecule has 1 aliphatic rings. The molecule has 0 bridgehead atoms. The van der Waals surface area contributed by atoms with Crippen molar-refractivity contribution >= 4 is 11.8 Å². The number of nitrogens with zero attached hydrogens (tertiary/aromatic N) is 2. The minimum Gasteiger partial charge on any atom is -0.311 e. The zero-order valence-corrected chi connectivity index (χ0v) is 11.9. The molecule has 1 aliphatic heterocycles. The molecule has 1 N–H and O–H groups in total. The minimum absolute atomic E-state index is 0.451. The van der Waals surface area contributed by atoms with E-state index in [0.717, 1.165) is 13.1 Å². The molecule has 1 aromatic heterocycles. The van der Waals surface area contributed by atoms with Gasteiger partial charge in [0.15, 0.2) is 0 Å². The molecule has 1 unspecified atom stereocenters. The van der Waals surface area contributed by atoms with Gasteiger partial charge in [0, 0.05) is 35.6 Å². The van der Waals surface area contributed by atoms with Crippen LogP contribution in [0.5, 0.6) is 0 Å². The first-order valence-corrected chi connectivity index (χ1v) is 7.45. The minimum atomic E-state index is 0.451. The quantitative estimate of drug-likeness (QED) is 0.875. The van der Waals surface area contributed by atoms with Crippen LogP contribution in [0.25, 0.3) is 0 Å². The second-order valence-electron chi connectivity index (χ2n) is 5.43. The van der Waals surface area contributed by atoms with Crippen LogP contribution in [0.3, 0.4) is 0 Å². The van der Waals surface area contributed by atoms with Gasteiger partial charge in [0.2, 0.25) is 0 Å². The molecule has 1 saturated heterocycles. The van der Waals surface area contributed by atoms with E-state index in [0.29, 0.717) is 10.8 Å². The van der Waals surface area contributed by atoms with Crippen LogP contribution in [0.4, 0.5) is 0 Å². The average molecular weight is 253 g/mol. The molecule has 17 heavy (non-hydrogen) atoms. The van der Waals surface area contributed by atoms with Crippen LogP contribution in [0.2, 0.25) is 0 Å². The zero-order chi connectivity index (χ0) is 12.3. The van der Waals surface area contributed by atoms with Gasteiger partial charge in [-0.2, -0.15) is 16.9 Å². The first kappa shape index (κ1) is 13.0. The summed E-state index contributed by atoms with van der Waals surface area (Å²) in [4.78, 5) is 0. The van der Waals surface area contributed by atoms with Crippen molar-refractivity contribution < 1.29 is 0 Å². The van der Waals surface area contributed by atoms with Gasteiger partial charge < -0.3 is 5.32 Å². The summed E-state index contributed by atoms with van der Waals surface area (Å²) in [5, 5.41) is 7.92. The summed E-state index contributed by atoms with van der Waals surface area (Å²) in [6.07, 6.45) is 6.82. The van der Waals surface area contributed by atoms with Crippen molar-refractivity contribution in [3.8, 4) is 0 Å². The standard InChI is InChI=1S/C13H23N3S/c1-11(2)16-9-12(8-15-16)7-14-10-13(3)5-4-6-17-13/h8-9,11,14H,4-7,10H2,1-3H3. The van der Waals surface area contributed by atoms with Crippen LogP contribution in [-0.4, -0.2) is 26.8 Å². The van der Waals surface area contributed by atoms with E-state index in [9.17, 15) is 0 Å². The molecule has 1 atom stereocenters. The normalized spacial score (nSPS) is 24.7. The fourth-order valence-corrected chi connectivity index (χ4v) is 3.47. The van der Waals surface area contributed by atoms with Gasteiger partial charge in [-0.1, -0.05) is 0 Å². The Hall–Kier alpha value is -0.480. The van der Waals surface area contributed by atoms with Gasteiger partial charge in [-0.3, -0.25) is 4.68 Å². The predicted octanol–water partition coefficient (Wildman–Crippen LogP) is 2.84. The fourth-order valence-electron chi connectivity index (χ4n) is 2.20. The first-order valence-electron chi connectivity index (χ1n) is 6.47. The predicted molar refractivity (Wildman–Crippen MR) is 74.4 cm³/mol. The zero-order valence-electron chi connectivity index (χ0n) is 11.1. The molecule has 0 amide bonds. The number of hydrogen-bond donors (Lipinski definition) is 1. The highest BCUT2D eigenvalue weighted by molar-refractivity contribution is 8.00. The van der Waals surface area contributed by atoms with E-state index in [2.05, 4.69) is 49.1 Å². The van der Waals surface area contributed by atoms with Crippen molar-refractivity contribution in [3.63, 3.8) is 0 Å². The fraction of sp³-hybridized carbons (Fsp3) is 0.769. The van der Waals surface area contributed by atoms with Gasteiger partial charge >= 0.3 is 0 Å². The Morgan fingerprint density at radius 3 is 3.00 bits per heavy atom. The number of hydrogen-bond acceptors (Lipinski definition) is 3. The van der Waals surface area contributed by atoms with Crippen LogP contribution in [0.1, 0.15) is 45.2 Å². The lowest BCUT2D eigenvalue weighted by atomic mass is 10.1. The summed E-state index contributed by atoms with van der Waals surface area (Å²) >= 11 is 2.11. The van der Waals surface area contributed by atoms with Gasteiger partial charge in [-0.05, 0) is 39.4 Å². The Bertz CT molecular complexity index is 353. The van der Waals surface area contributed by atoms with Crippen molar-refractivity contribution in [3.05, 3.63) is 18.0 Å². The smallest absolute Gasteiger partial charge is 0.0534 e. The third kappa shape index (κ3) is 3.49. The molecule has 0 radical (unpaired) electrons. The summed E-state index contributed by atoms with van der Waals surface area (Å²) in [5.74, 6) is 1.32. The summed E-state index contributed by atoms with van der Waals surface area (Å²) in [5.41, 5.74) is 1.28. The maximum Gasteiger partial charge on any atom is 0.0534 e. The Balaban J connectivity index is 1.77. The summed E-state index contributed by atoms with van der Waals surface area (Å²) in [7, 11) is 0. The highest BCUT2D eigenvalue weighted by Gasteiger charge is 2.28. The van der Waals surface area contributed by atoms with Gasteiger partial charge in [0.25, 0.3) is 0 Å². The maximum atomic E-state index is 4.35. The molecule has 0 aromatic carbocycles. The molecule has 2 heterocycles. The lowest BCUT2D eigenvalue weighted by Crippen LogP contribution is -2.32. The molecular formula is C13H23N3S. The van der Waals surface area contributed by atoms with Crippen LogP contribution in [-0.2, 0) is 6.54 Å². The van der Waals surface area contributed by atoms with E-state index in [1.165, 1.54) is 24.2 Å². The van der Waals surface area contributed by atoms with Crippen molar-refractivity contribution in [2.24, 2.45) is 0 Å². The van der Waals surface area contributed by atoms with E-state index in [1.54, 1.807) is 0 Å². The van der Waals surface area contributed by atoms with Gasteiger partial charge in [-0.25, -0.2) is 0 Å². The van der Waals surface area contributed by atoms with E-state index < -0.39 is 0 Å². The van der Waals surface area contributed by atoms with Crippen molar-refractivity contribution in [2.75, 3.05) is 12.3 Å². The monoisotopic (exact) mass is 253 g/mol. The molecule has 96 valence electrons. The molecule has 1 aromatic rings. The summed E-state index contributed by atoms with van der Waals surface area (Å²) in [6.45, 7) is 8.71. The Morgan fingerprint density at radius 1 is 1.59 bits per heavy atom. The van der Waals surface area contributed by atoms with Crippen LogP contribution in [0.15, 0.2) is 12.4 Å². The van der Waals surface area contributed by atoms with Crippen LogP contribution < -0.4 is 5.32 Å². The van der Waals surface area contributed by atoms with Crippen LogP contribution in [0, 0.1) is 0 Å². The third-order valence-electron chi connectivity index (χ3n) is 3.31. The van der Waals surface area contributed by atoms with E-state index in [-0.39, 0.29) is 0 Å². The summed E-state index contributed by atoms with van der Waals surface area (Å²) < 4.78 is 2.47. The van der Waals surface area contributed by atoms with Gasteiger partial charge in [0.05, 0.1) is 6.20 Å². The molecule has 3 nitrogen and oxygen atoms in total. The van der Waals surface area contributed by atoms with E-state index in [1.807, 2.05) is 10.9 Å². The molecule has 0 spiro atoms. The number of nitrogens with one attached hydrogen (secondary N) is 1. The van der Waals surface area contributed by atoms with Gasteiger partial charge in [0.1, 0.15) is 0 Å². The highest BCUT2D eigenvalue weighted by atomic mass is 32.2. The SMILES string of the molecule is CC(C)n1cc(CNCC2(C)CCCS2)cn1. The highest BCUT2D eigenvalue weighted by Crippen LogP contribution is 2.36. The van der Waals surface area contributed by atoms with Crippen LogP contribution >= 0.6 is 11.8 Å². The number of aromatic nitrogens is 2. The topological polar surface area (TPSA) is 29.9 Å². The Morgan fingerprint density at radius 2 is 2.41 bits per heavy atom. The first-order chi connectivity index (χ1) is 8.09. The Kier molecular flexibility index (Phi) is 4.15. The van der Waals surface area contributed by atoms with Crippen molar-refractivity contribution in [1.29, 1.82) is 0 Å². The molecule has 0 saturated carbocycles. The molecule has 2 rings (SSSR count). The molecule has 0 aliphatic carbocycles. The lowest BCUT2D eigenvalue weighted by Gasteiger charge is -2.22.